The lowest BCUT2D eigenvalue weighted by molar-refractivity contribution is 0.589. The average molecular weight is 198 g/mol. The molecule has 0 aromatic heterocycles. The SMILES string of the molecule is Cc1c2cccccc-2cc1C(C)(C)C. The van der Waals surface area contributed by atoms with Gasteiger partial charge in [-0.3, -0.25) is 0 Å². The smallest absolute Gasteiger partial charge is 0.0129 e. The standard InChI is InChI=1S/C15H18/c1-11-13-9-7-5-6-8-12(13)10-14(11)15(2,3)4/h5-10H,1-4H3. The van der Waals surface area contributed by atoms with Crippen LogP contribution in [0.1, 0.15) is 31.9 Å². The lowest BCUT2D eigenvalue weighted by Crippen LogP contribution is -2.10. The molecule has 0 spiro atoms. The van der Waals surface area contributed by atoms with Crippen molar-refractivity contribution >= 4 is 0 Å². The van der Waals surface area contributed by atoms with Crippen molar-refractivity contribution in [2.75, 3.05) is 0 Å². The van der Waals surface area contributed by atoms with Crippen LogP contribution in [0.5, 0.6) is 0 Å². The quantitative estimate of drug-likeness (QED) is 0.588. The molecule has 0 heterocycles. The van der Waals surface area contributed by atoms with Gasteiger partial charge in [0, 0.05) is 0 Å². The third-order valence-electron chi connectivity index (χ3n) is 2.99. The van der Waals surface area contributed by atoms with E-state index in [9.17, 15) is 0 Å². The van der Waals surface area contributed by atoms with Crippen LogP contribution in [0.4, 0.5) is 0 Å². The van der Waals surface area contributed by atoms with Gasteiger partial charge in [-0.2, -0.15) is 0 Å². The Balaban J connectivity index is 2.71. The van der Waals surface area contributed by atoms with Crippen molar-refractivity contribution in [2.24, 2.45) is 0 Å². The molecule has 2 aliphatic rings. The maximum absolute atomic E-state index is 2.32. The van der Waals surface area contributed by atoms with E-state index >= 15 is 0 Å². The number of fused-ring (bicyclic) bond motifs is 1. The summed E-state index contributed by atoms with van der Waals surface area (Å²) in [5, 5.41) is 0. The maximum atomic E-state index is 2.32. The molecule has 0 N–H and O–H groups in total. The molecule has 0 radical (unpaired) electrons. The van der Waals surface area contributed by atoms with Crippen LogP contribution >= 0.6 is 0 Å². The van der Waals surface area contributed by atoms with E-state index in [1.807, 2.05) is 0 Å². The van der Waals surface area contributed by atoms with Crippen LogP contribution in [0.15, 0.2) is 36.4 Å². The molecule has 0 aromatic rings. The molecule has 78 valence electrons. The first-order valence-corrected chi connectivity index (χ1v) is 5.49. The average Bonchev–Trinajstić information content (AvgIpc) is 2.36. The van der Waals surface area contributed by atoms with Crippen molar-refractivity contribution in [3.05, 3.63) is 47.5 Å². The Morgan fingerprint density at radius 3 is 2.27 bits per heavy atom. The Labute approximate surface area is 92.3 Å². The lowest BCUT2D eigenvalue weighted by Gasteiger charge is -2.18. The first kappa shape index (κ1) is 10.2. The van der Waals surface area contributed by atoms with E-state index in [2.05, 4.69) is 64.1 Å². The third-order valence-corrected chi connectivity index (χ3v) is 2.99. The number of hydrogen-bond donors (Lipinski definition) is 0. The monoisotopic (exact) mass is 198 g/mol. The second-order valence-electron chi connectivity index (χ2n) is 5.21. The molecule has 0 unspecified atom stereocenters. The van der Waals surface area contributed by atoms with E-state index in [1.54, 1.807) is 0 Å². The van der Waals surface area contributed by atoms with Crippen molar-refractivity contribution in [3.8, 4) is 11.1 Å². The van der Waals surface area contributed by atoms with Crippen LogP contribution in [0.25, 0.3) is 11.1 Å². The van der Waals surface area contributed by atoms with Gasteiger partial charge < -0.3 is 0 Å². The van der Waals surface area contributed by atoms with Gasteiger partial charge in [-0.1, -0.05) is 57.2 Å². The van der Waals surface area contributed by atoms with Gasteiger partial charge in [0.15, 0.2) is 0 Å². The zero-order valence-electron chi connectivity index (χ0n) is 9.96. The van der Waals surface area contributed by atoms with Crippen molar-refractivity contribution in [1.29, 1.82) is 0 Å². The Hall–Kier alpha value is -1.30. The van der Waals surface area contributed by atoms with Crippen molar-refractivity contribution in [3.63, 3.8) is 0 Å². The van der Waals surface area contributed by atoms with Crippen LogP contribution in [-0.2, 0) is 5.41 Å². The highest BCUT2D eigenvalue weighted by Gasteiger charge is 2.21. The normalized spacial score (nSPS) is 12.0. The van der Waals surface area contributed by atoms with Crippen LogP contribution < -0.4 is 0 Å². The summed E-state index contributed by atoms with van der Waals surface area (Å²) in [4.78, 5) is 0. The molecule has 0 bridgehead atoms. The number of hydrogen-bond acceptors (Lipinski definition) is 0. The molecule has 0 atom stereocenters. The molecule has 2 rings (SSSR count). The Kier molecular flexibility index (Phi) is 2.30. The zero-order chi connectivity index (χ0) is 11.1. The van der Waals surface area contributed by atoms with E-state index in [4.69, 9.17) is 0 Å². The van der Waals surface area contributed by atoms with Gasteiger partial charge in [0.05, 0.1) is 0 Å². The molecule has 0 aliphatic heterocycles. The highest BCUT2D eigenvalue weighted by atomic mass is 14.3. The maximum Gasteiger partial charge on any atom is -0.0129 e. The number of rotatable bonds is 0. The Bertz CT molecular complexity index is 446. The molecule has 0 nitrogen and oxygen atoms in total. The molecule has 0 fully saturated rings. The predicted molar refractivity (Wildman–Crippen MR) is 66.5 cm³/mol. The molecule has 0 saturated carbocycles. The summed E-state index contributed by atoms with van der Waals surface area (Å²) in [7, 11) is 0. The highest BCUT2D eigenvalue weighted by molar-refractivity contribution is 5.73. The Morgan fingerprint density at radius 1 is 0.933 bits per heavy atom. The fourth-order valence-corrected chi connectivity index (χ4v) is 2.22. The van der Waals surface area contributed by atoms with Gasteiger partial charge in [-0.25, -0.2) is 0 Å². The van der Waals surface area contributed by atoms with E-state index < -0.39 is 0 Å². The van der Waals surface area contributed by atoms with Crippen molar-refractivity contribution < 1.29 is 0 Å². The van der Waals surface area contributed by atoms with Crippen LogP contribution in [0.2, 0.25) is 0 Å². The lowest BCUT2D eigenvalue weighted by atomic mass is 9.86. The third kappa shape index (κ3) is 1.77. The summed E-state index contributed by atoms with van der Waals surface area (Å²) in [6, 6.07) is 13.0. The molecule has 2 aliphatic carbocycles. The summed E-state index contributed by atoms with van der Waals surface area (Å²) in [6.07, 6.45) is 0. The zero-order valence-corrected chi connectivity index (χ0v) is 9.96. The van der Waals surface area contributed by atoms with E-state index in [0.29, 0.717) is 0 Å². The van der Waals surface area contributed by atoms with E-state index in [-0.39, 0.29) is 5.41 Å². The summed E-state index contributed by atoms with van der Waals surface area (Å²) in [5.41, 5.74) is 5.85. The minimum Gasteiger partial charge on any atom is -0.0622 e. The van der Waals surface area contributed by atoms with Crippen molar-refractivity contribution in [1.82, 2.24) is 0 Å². The second-order valence-corrected chi connectivity index (χ2v) is 5.21. The first-order chi connectivity index (χ1) is 7.00. The summed E-state index contributed by atoms with van der Waals surface area (Å²) in [6.45, 7) is 9.04. The molecular weight excluding hydrogens is 180 g/mol. The van der Waals surface area contributed by atoms with Gasteiger partial charge >= 0.3 is 0 Å². The fourth-order valence-electron chi connectivity index (χ4n) is 2.22. The first-order valence-electron chi connectivity index (χ1n) is 5.49. The topological polar surface area (TPSA) is 0 Å². The second kappa shape index (κ2) is 3.37. The molecule has 15 heavy (non-hydrogen) atoms. The van der Waals surface area contributed by atoms with Crippen LogP contribution in [0, 0.1) is 6.92 Å². The van der Waals surface area contributed by atoms with E-state index in [1.165, 1.54) is 22.3 Å². The van der Waals surface area contributed by atoms with Crippen LogP contribution in [0.3, 0.4) is 0 Å². The summed E-state index contributed by atoms with van der Waals surface area (Å²) in [5.74, 6) is 0. The van der Waals surface area contributed by atoms with Gasteiger partial charge in [-0.15, -0.1) is 0 Å². The van der Waals surface area contributed by atoms with E-state index in [0.717, 1.165) is 0 Å². The summed E-state index contributed by atoms with van der Waals surface area (Å²) < 4.78 is 0. The Morgan fingerprint density at radius 2 is 1.60 bits per heavy atom. The molecule has 0 amide bonds. The minimum atomic E-state index is 0.238. The minimum absolute atomic E-state index is 0.238. The molecule has 0 heteroatoms. The largest absolute Gasteiger partial charge is 0.0622 e. The van der Waals surface area contributed by atoms with Gasteiger partial charge in [-0.05, 0) is 34.6 Å². The van der Waals surface area contributed by atoms with Crippen LogP contribution in [-0.4, -0.2) is 0 Å². The van der Waals surface area contributed by atoms with Crippen molar-refractivity contribution in [2.45, 2.75) is 33.1 Å². The van der Waals surface area contributed by atoms with Gasteiger partial charge in [0.2, 0.25) is 0 Å². The fraction of sp³-hybridized carbons (Fsp3) is 0.333. The predicted octanol–water partition coefficient (Wildman–Crippen LogP) is 4.40. The van der Waals surface area contributed by atoms with Gasteiger partial charge in [0.25, 0.3) is 0 Å². The highest BCUT2D eigenvalue weighted by Crippen LogP contribution is 2.36. The molecule has 0 saturated heterocycles. The summed E-state index contributed by atoms with van der Waals surface area (Å²) >= 11 is 0. The molecule has 0 aromatic carbocycles. The van der Waals surface area contributed by atoms with Gasteiger partial charge in [0.1, 0.15) is 0 Å². The molecular formula is C15H18.